The van der Waals surface area contributed by atoms with Crippen molar-refractivity contribution in [3.05, 3.63) is 41.9 Å². The van der Waals surface area contributed by atoms with Crippen molar-refractivity contribution in [2.24, 2.45) is 0 Å². The normalized spacial score (nSPS) is 21.5. The average Bonchev–Trinajstić information content (AvgIpc) is 3.22. The summed E-state index contributed by atoms with van der Waals surface area (Å²) in [6.45, 7) is 4.57. The zero-order valence-corrected chi connectivity index (χ0v) is 13.8. The molecule has 1 N–H and O–H groups in total. The van der Waals surface area contributed by atoms with Crippen molar-refractivity contribution in [1.29, 1.82) is 0 Å². The van der Waals surface area contributed by atoms with Gasteiger partial charge in [-0.3, -0.25) is 0 Å². The number of ether oxygens (including phenoxy) is 1. The lowest BCUT2D eigenvalue weighted by Crippen LogP contribution is -2.39. The van der Waals surface area contributed by atoms with Crippen LogP contribution in [0.1, 0.15) is 37.1 Å². The van der Waals surface area contributed by atoms with E-state index in [1.54, 1.807) is 0 Å². The number of hydrogen-bond acceptors (Lipinski definition) is 3. The molecule has 2 aromatic rings. The summed E-state index contributed by atoms with van der Waals surface area (Å²) in [4.78, 5) is 4.74. The van der Waals surface area contributed by atoms with Crippen molar-refractivity contribution in [2.45, 2.75) is 57.9 Å². The van der Waals surface area contributed by atoms with Crippen LogP contribution in [-0.2, 0) is 17.9 Å². The summed E-state index contributed by atoms with van der Waals surface area (Å²) in [5.74, 6) is 1.04. The third-order valence-electron chi connectivity index (χ3n) is 5.04. The SMILES string of the molecule is Cc1ccc(-c2cn3c(n2)CO[C@@H](CNC2CCCC2)C3)cc1. The topological polar surface area (TPSA) is 39.1 Å². The van der Waals surface area contributed by atoms with Crippen LogP contribution in [0.25, 0.3) is 11.3 Å². The first-order valence-corrected chi connectivity index (χ1v) is 8.76. The van der Waals surface area contributed by atoms with Gasteiger partial charge in [-0.05, 0) is 19.8 Å². The van der Waals surface area contributed by atoms with Crippen molar-refractivity contribution >= 4 is 0 Å². The van der Waals surface area contributed by atoms with Gasteiger partial charge >= 0.3 is 0 Å². The molecule has 4 nitrogen and oxygen atoms in total. The smallest absolute Gasteiger partial charge is 0.135 e. The predicted octanol–water partition coefficient (Wildman–Crippen LogP) is 3.29. The maximum absolute atomic E-state index is 5.99. The molecular weight excluding hydrogens is 286 g/mol. The van der Waals surface area contributed by atoms with Gasteiger partial charge in [0.25, 0.3) is 0 Å². The molecule has 2 aliphatic rings. The molecule has 0 unspecified atom stereocenters. The Morgan fingerprint density at radius 1 is 1.22 bits per heavy atom. The summed E-state index contributed by atoms with van der Waals surface area (Å²) in [6, 6.07) is 9.26. The highest BCUT2D eigenvalue weighted by molar-refractivity contribution is 5.59. The molecule has 23 heavy (non-hydrogen) atoms. The standard InChI is InChI=1S/C19H25N3O/c1-14-6-8-15(9-7-14)18-12-22-11-17(23-13-19(22)21-18)10-20-16-4-2-3-5-16/h6-9,12,16-17,20H,2-5,10-11,13H2,1H3/t17-/m0/s1. The Kier molecular flexibility index (Phi) is 4.19. The van der Waals surface area contributed by atoms with Crippen LogP contribution in [0.4, 0.5) is 0 Å². The molecule has 1 aliphatic carbocycles. The van der Waals surface area contributed by atoms with Gasteiger partial charge in [-0.2, -0.15) is 0 Å². The highest BCUT2D eigenvalue weighted by atomic mass is 16.5. The van der Waals surface area contributed by atoms with E-state index in [9.17, 15) is 0 Å². The van der Waals surface area contributed by atoms with Gasteiger partial charge < -0.3 is 14.6 Å². The fourth-order valence-electron chi connectivity index (χ4n) is 3.61. The molecule has 2 heterocycles. The molecule has 1 saturated carbocycles. The van der Waals surface area contributed by atoms with Crippen molar-refractivity contribution in [2.75, 3.05) is 6.54 Å². The summed E-state index contributed by atoms with van der Waals surface area (Å²) in [5.41, 5.74) is 3.50. The number of rotatable bonds is 4. The lowest BCUT2D eigenvalue weighted by atomic mass is 10.1. The number of imidazole rings is 1. The van der Waals surface area contributed by atoms with Gasteiger partial charge in [0.2, 0.25) is 0 Å². The van der Waals surface area contributed by atoms with Gasteiger partial charge in [-0.1, -0.05) is 42.7 Å². The minimum atomic E-state index is 0.253. The highest BCUT2D eigenvalue weighted by Gasteiger charge is 2.23. The van der Waals surface area contributed by atoms with Crippen molar-refractivity contribution in [3.63, 3.8) is 0 Å². The summed E-state index contributed by atoms with van der Waals surface area (Å²) in [7, 11) is 0. The fraction of sp³-hybridized carbons (Fsp3) is 0.526. The van der Waals surface area contributed by atoms with Crippen LogP contribution in [0.3, 0.4) is 0 Å². The summed E-state index contributed by atoms with van der Waals surface area (Å²) >= 11 is 0. The Hall–Kier alpha value is -1.65. The second-order valence-corrected chi connectivity index (χ2v) is 6.88. The molecule has 1 atom stereocenters. The summed E-state index contributed by atoms with van der Waals surface area (Å²) < 4.78 is 8.25. The number of benzene rings is 1. The lowest BCUT2D eigenvalue weighted by molar-refractivity contribution is 0.00158. The molecule has 0 spiro atoms. The number of nitrogens with zero attached hydrogens (tertiary/aromatic N) is 2. The molecule has 122 valence electrons. The minimum absolute atomic E-state index is 0.253. The first kappa shape index (κ1) is 14.9. The molecule has 1 fully saturated rings. The van der Waals surface area contributed by atoms with Gasteiger partial charge in [0.05, 0.1) is 18.3 Å². The van der Waals surface area contributed by atoms with E-state index in [1.165, 1.54) is 36.8 Å². The maximum atomic E-state index is 5.99. The molecule has 1 aromatic heterocycles. The molecule has 0 bridgehead atoms. The van der Waals surface area contributed by atoms with E-state index in [0.717, 1.165) is 24.6 Å². The largest absolute Gasteiger partial charge is 0.367 e. The average molecular weight is 311 g/mol. The number of nitrogens with one attached hydrogen (secondary N) is 1. The summed E-state index contributed by atoms with van der Waals surface area (Å²) in [6.07, 6.45) is 7.80. The number of fused-ring (bicyclic) bond motifs is 1. The van der Waals surface area contributed by atoms with Crippen LogP contribution in [0.15, 0.2) is 30.5 Å². The van der Waals surface area contributed by atoms with E-state index in [0.29, 0.717) is 12.6 Å². The van der Waals surface area contributed by atoms with Crippen LogP contribution < -0.4 is 5.32 Å². The molecule has 4 heteroatoms. The van der Waals surface area contributed by atoms with Gasteiger partial charge in [0.1, 0.15) is 12.4 Å². The zero-order chi connectivity index (χ0) is 15.6. The lowest BCUT2D eigenvalue weighted by Gasteiger charge is -2.26. The van der Waals surface area contributed by atoms with Gasteiger partial charge in [-0.25, -0.2) is 4.98 Å². The Labute approximate surface area is 137 Å². The van der Waals surface area contributed by atoms with Crippen LogP contribution in [-0.4, -0.2) is 28.2 Å². The highest BCUT2D eigenvalue weighted by Crippen LogP contribution is 2.23. The molecular formula is C19H25N3O. The van der Waals surface area contributed by atoms with E-state index in [2.05, 4.69) is 47.3 Å². The molecule has 0 radical (unpaired) electrons. The van der Waals surface area contributed by atoms with E-state index in [4.69, 9.17) is 9.72 Å². The van der Waals surface area contributed by atoms with Crippen LogP contribution in [0, 0.1) is 6.92 Å². The maximum Gasteiger partial charge on any atom is 0.135 e. The van der Waals surface area contributed by atoms with Crippen LogP contribution in [0.5, 0.6) is 0 Å². The minimum Gasteiger partial charge on any atom is -0.367 e. The third-order valence-corrected chi connectivity index (χ3v) is 5.04. The second kappa shape index (κ2) is 6.46. The van der Waals surface area contributed by atoms with Crippen LogP contribution >= 0.6 is 0 Å². The van der Waals surface area contributed by atoms with E-state index in [-0.39, 0.29) is 6.10 Å². The number of aryl methyl sites for hydroxylation is 1. The Morgan fingerprint density at radius 3 is 2.78 bits per heavy atom. The molecule has 1 aromatic carbocycles. The van der Waals surface area contributed by atoms with Crippen molar-refractivity contribution in [1.82, 2.24) is 14.9 Å². The monoisotopic (exact) mass is 311 g/mol. The Morgan fingerprint density at radius 2 is 2.00 bits per heavy atom. The fourth-order valence-corrected chi connectivity index (χ4v) is 3.61. The molecule has 1 aliphatic heterocycles. The van der Waals surface area contributed by atoms with Crippen molar-refractivity contribution in [3.8, 4) is 11.3 Å². The Bertz CT molecular complexity index is 656. The Balaban J connectivity index is 1.42. The predicted molar refractivity (Wildman–Crippen MR) is 91.2 cm³/mol. The van der Waals surface area contributed by atoms with E-state index in [1.807, 2.05) is 0 Å². The first-order chi connectivity index (χ1) is 11.3. The first-order valence-electron chi connectivity index (χ1n) is 8.76. The molecule has 4 rings (SSSR count). The molecule has 0 saturated heterocycles. The number of hydrogen-bond donors (Lipinski definition) is 1. The van der Waals surface area contributed by atoms with Crippen LogP contribution in [0.2, 0.25) is 0 Å². The van der Waals surface area contributed by atoms with Gasteiger partial charge in [-0.15, -0.1) is 0 Å². The van der Waals surface area contributed by atoms with E-state index < -0.39 is 0 Å². The van der Waals surface area contributed by atoms with Crippen molar-refractivity contribution < 1.29 is 4.74 Å². The summed E-state index contributed by atoms with van der Waals surface area (Å²) in [5, 5.41) is 3.67. The second-order valence-electron chi connectivity index (χ2n) is 6.88. The zero-order valence-electron chi connectivity index (χ0n) is 13.8. The quantitative estimate of drug-likeness (QED) is 0.942. The molecule has 0 amide bonds. The third kappa shape index (κ3) is 3.33. The van der Waals surface area contributed by atoms with E-state index >= 15 is 0 Å². The number of aromatic nitrogens is 2. The van der Waals surface area contributed by atoms with Gasteiger partial charge in [0.15, 0.2) is 0 Å². The van der Waals surface area contributed by atoms with Gasteiger partial charge in [0, 0.05) is 24.3 Å².